The highest BCUT2D eigenvalue weighted by atomic mass is 16.5. The van der Waals surface area contributed by atoms with Crippen molar-refractivity contribution in [1.82, 2.24) is 4.90 Å². The van der Waals surface area contributed by atoms with Crippen LogP contribution in [0, 0.1) is 0 Å². The number of nitrogens with zero attached hydrogens (tertiary/aromatic N) is 1. The van der Waals surface area contributed by atoms with Gasteiger partial charge in [-0.15, -0.1) is 0 Å². The molecule has 0 spiro atoms. The molecule has 0 radical (unpaired) electrons. The van der Waals surface area contributed by atoms with Crippen molar-refractivity contribution in [3.8, 4) is 0 Å². The van der Waals surface area contributed by atoms with Gasteiger partial charge in [-0.05, 0) is 29.5 Å². The smallest absolute Gasteiger partial charge is 0.0703 e. The number of aliphatic hydroxyl groups excluding tert-OH is 1. The molecular weight excluding hydrogens is 214 g/mol. The molecule has 0 aromatic heterocycles. The Labute approximate surface area is 102 Å². The van der Waals surface area contributed by atoms with Crippen molar-refractivity contribution < 1.29 is 9.84 Å². The lowest BCUT2D eigenvalue weighted by molar-refractivity contribution is 0.0723. The Balaban J connectivity index is 1.65. The Morgan fingerprint density at radius 3 is 2.94 bits per heavy atom. The van der Waals surface area contributed by atoms with Gasteiger partial charge in [-0.1, -0.05) is 18.2 Å². The van der Waals surface area contributed by atoms with Crippen molar-refractivity contribution in [1.29, 1.82) is 0 Å². The molecule has 2 heterocycles. The molecule has 0 aliphatic carbocycles. The minimum absolute atomic E-state index is 0.138. The Hall–Kier alpha value is -0.900. The first-order valence-corrected chi connectivity index (χ1v) is 6.40. The van der Waals surface area contributed by atoms with Gasteiger partial charge in [0.15, 0.2) is 0 Å². The summed E-state index contributed by atoms with van der Waals surface area (Å²) in [7, 11) is 0. The fraction of sp³-hybridized carbons (Fsp3) is 0.571. The number of hydrogen-bond acceptors (Lipinski definition) is 3. The van der Waals surface area contributed by atoms with Crippen LogP contribution >= 0.6 is 0 Å². The van der Waals surface area contributed by atoms with Crippen molar-refractivity contribution in [2.45, 2.75) is 38.6 Å². The van der Waals surface area contributed by atoms with Gasteiger partial charge in [0, 0.05) is 26.2 Å². The highest BCUT2D eigenvalue weighted by molar-refractivity contribution is 5.34. The molecule has 1 aromatic rings. The van der Waals surface area contributed by atoms with E-state index in [9.17, 15) is 0 Å². The van der Waals surface area contributed by atoms with E-state index < -0.39 is 0 Å². The van der Waals surface area contributed by atoms with Gasteiger partial charge >= 0.3 is 0 Å². The van der Waals surface area contributed by atoms with Crippen LogP contribution in [0.5, 0.6) is 0 Å². The van der Waals surface area contributed by atoms with Gasteiger partial charge in [0.1, 0.15) is 0 Å². The Bertz CT molecular complexity index is 399. The first-order valence-electron chi connectivity index (χ1n) is 6.40. The Morgan fingerprint density at radius 1 is 1.29 bits per heavy atom. The lowest BCUT2D eigenvalue weighted by Gasteiger charge is -2.18. The van der Waals surface area contributed by atoms with Crippen molar-refractivity contribution in [3.05, 3.63) is 34.9 Å². The predicted octanol–water partition coefficient (Wildman–Crippen LogP) is 1.67. The standard InChI is InChI=1S/C14H19NO2/c16-10-11-3-4-12-7-15(8-13(12)6-11)9-14-2-1-5-17-14/h3-4,6,14,16H,1-2,5,7-10H2. The number of rotatable bonds is 3. The van der Waals surface area contributed by atoms with E-state index >= 15 is 0 Å². The van der Waals surface area contributed by atoms with E-state index in [1.165, 1.54) is 24.0 Å². The molecule has 3 heteroatoms. The van der Waals surface area contributed by atoms with Crippen LogP contribution in [-0.2, 0) is 24.4 Å². The lowest BCUT2D eigenvalue weighted by Crippen LogP contribution is -2.27. The summed E-state index contributed by atoms with van der Waals surface area (Å²) in [5.41, 5.74) is 3.79. The number of fused-ring (bicyclic) bond motifs is 1. The Morgan fingerprint density at radius 2 is 2.18 bits per heavy atom. The molecule has 1 atom stereocenters. The summed E-state index contributed by atoms with van der Waals surface area (Å²) < 4.78 is 5.68. The lowest BCUT2D eigenvalue weighted by atomic mass is 10.1. The summed E-state index contributed by atoms with van der Waals surface area (Å²) in [5.74, 6) is 0. The zero-order valence-corrected chi connectivity index (χ0v) is 10.1. The number of aliphatic hydroxyl groups is 1. The highest BCUT2D eigenvalue weighted by Gasteiger charge is 2.24. The van der Waals surface area contributed by atoms with Crippen LogP contribution in [0.1, 0.15) is 29.5 Å². The largest absolute Gasteiger partial charge is 0.392 e. The highest BCUT2D eigenvalue weighted by Crippen LogP contribution is 2.25. The van der Waals surface area contributed by atoms with Gasteiger partial charge in [0.2, 0.25) is 0 Å². The fourth-order valence-electron chi connectivity index (χ4n) is 2.82. The molecule has 3 nitrogen and oxygen atoms in total. The topological polar surface area (TPSA) is 32.7 Å². The summed E-state index contributed by atoms with van der Waals surface area (Å²) in [6.07, 6.45) is 2.84. The fourth-order valence-corrected chi connectivity index (χ4v) is 2.82. The van der Waals surface area contributed by atoms with Crippen LogP contribution in [0.2, 0.25) is 0 Å². The third kappa shape index (κ3) is 2.37. The van der Waals surface area contributed by atoms with Gasteiger partial charge in [-0.25, -0.2) is 0 Å². The molecule has 1 aromatic carbocycles. The zero-order chi connectivity index (χ0) is 11.7. The van der Waals surface area contributed by atoms with Gasteiger partial charge in [0.05, 0.1) is 12.7 Å². The summed E-state index contributed by atoms with van der Waals surface area (Å²) in [6.45, 7) is 4.15. The molecule has 3 rings (SSSR count). The van der Waals surface area contributed by atoms with Crippen LogP contribution in [-0.4, -0.2) is 29.3 Å². The van der Waals surface area contributed by atoms with E-state index in [-0.39, 0.29) is 6.61 Å². The average Bonchev–Trinajstić information content (AvgIpc) is 2.96. The van der Waals surface area contributed by atoms with E-state index in [4.69, 9.17) is 9.84 Å². The summed E-state index contributed by atoms with van der Waals surface area (Å²) in [4.78, 5) is 2.45. The number of hydrogen-bond donors (Lipinski definition) is 1. The van der Waals surface area contributed by atoms with Crippen LogP contribution in [0.15, 0.2) is 18.2 Å². The maximum atomic E-state index is 9.13. The van der Waals surface area contributed by atoms with E-state index in [0.29, 0.717) is 6.10 Å². The van der Waals surface area contributed by atoms with Crippen molar-refractivity contribution in [2.75, 3.05) is 13.2 Å². The minimum Gasteiger partial charge on any atom is -0.392 e. The molecule has 0 bridgehead atoms. The van der Waals surface area contributed by atoms with Gasteiger partial charge in [-0.2, -0.15) is 0 Å². The van der Waals surface area contributed by atoms with Crippen molar-refractivity contribution >= 4 is 0 Å². The Kier molecular flexibility index (Phi) is 3.14. The number of ether oxygens (including phenoxy) is 1. The minimum atomic E-state index is 0.138. The van der Waals surface area contributed by atoms with Gasteiger partial charge < -0.3 is 9.84 Å². The molecule has 92 valence electrons. The van der Waals surface area contributed by atoms with Crippen LogP contribution in [0.3, 0.4) is 0 Å². The normalized spacial score (nSPS) is 24.2. The first-order chi connectivity index (χ1) is 8.35. The average molecular weight is 233 g/mol. The molecule has 17 heavy (non-hydrogen) atoms. The monoisotopic (exact) mass is 233 g/mol. The SMILES string of the molecule is OCc1ccc2c(c1)CN(CC1CCCO1)C2. The number of benzene rings is 1. The zero-order valence-electron chi connectivity index (χ0n) is 10.1. The van der Waals surface area contributed by atoms with Crippen molar-refractivity contribution in [2.24, 2.45) is 0 Å². The van der Waals surface area contributed by atoms with Gasteiger partial charge in [-0.3, -0.25) is 4.90 Å². The van der Waals surface area contributed by atoms with E-state index in [1.54, 1.807) is 0 Å². The molecule has 2 aliphatic rings. The van der Waals surface area contributed by atoms with Crippen molar-refractivity contribution in [3.63, 3.8) is 0 Å². The molecule has 0 amide bonds. The molecule has 1 unspecified atom stereocenters. The maximum Gasteiger partial charge on any atom is 0.0703 e. The predicted molar refractivity (Wildman–Crippen MR) is 65.5 cm³/mol. The summed E-state index contributed by atoms with van der Waals surface area (Å²) >= 11 is 0. The van der Waals surface area contributed by atoms with Crippen LogP contribution in [0.25, 0.3) is 0 Å². The van der Waals surface area contributed by atoms with Crippen LogP contribution < -0.4 is 0 Å². The first kappa shape index (κ1) is 11.2. The third-order valence-corrected chi connectivity index (χ3v) is 3.73. The van der Waals surface area contributed by atoms with Crippen LogP contribution in [0.4, 0.5) is 0 Å². The molecule has 1 saturated heterocycles. The third-order valence-electron chi connectivity index (χ3n) is 3.73. The van der Waals surface area contributed by atoms with E-state index in [1.807, 2.05) is 6.07 Å². The quantitative estimate of drug-likeness (QED) is 0.862. The second-order valence-electron chi connectivity index (χ2n) is 5.07. The maximum absolute atomic E-state index is 9.13. The second-order valence-corrected chi connectivity index (χ2v) is 5.07. The molecule has 0 saturated carbocycles. The molecule has 1 fully saturated rings. The second kappa shape index (κ2) is 4.77. The summed E-state index contributed by atoms with van der Waals surface area (Å²) in [5, 5.41) is 9.13. The van der Waals surface area contributed by atoms with E-state index in [0.717, 1.165) is 31.8 Å². The molecule has 1 N–H and O–H groups in total. The van der Waals surface area contributed by atoms with Gasteiger partial charge in [0.25, 0.3) is 0 Å². The molecular formula is C14H19NO2. The summed E-state index contributed by atoms with van der Waals surface area (Å²) in [6, 6.07) is 6.30. The van der Waals surface area contributed by atoms with E-state index in [2.05, 4.69) is 17.0 Å². The molecule has 2 aliphatic heterocycles.